The number of carbonyl (C=O) groups is 1. The van der Waals surface area contributed by atoms with E-state index < -0.39 is 11.0 Å². The molecule has 3 aromatic rings. The molecule has 2 aromatic carbocycles. The molecule has 1 aliphatic carbocycles. The Bertz CT molecular complexity index is 1240. The molecule has 1 aliphatic rings. The third-order valence-electron chi connectivity index (χ3n) is 6.76. The third-order valence-corrected chi connectivity index (χ3v) is 6.76. The fourth-order valence-corrected chi connectivity index (χ4v) is 4.99. The number of nitro benzene ring substituents is 1. The molecule has 0 atom stereocenters. The number of para-hydroxylation sites is 2. The highest BCUT2D eigenvalue weighted by Gasteiger charge is 2.29. The Morgan fingerprint density at radius 2 is 1.86 bits per heavy atom. The number of hydrogen-bond acceptors (Lipinski definition) is 6. The van der Waals surface area contributed by atoms with Crippen LogP contribution in [0.25, 0.3) is 10.9 Å². The summed E-state index contributed by atoms with van der Waals surface area (Å²) in [6.07, 6.45) is 3.60. The molecule has 2 amide bonds. The largest absolute Gasteiger partial charge is 0.377 e. The van der Waals surface area contributed by atoms with Crippen molar-refractivity contribution in [1.82, 2.24) is 4.98 Å². The van der Waals surface area contributed by atoms with Gasteiger partial charge < -0.3 is 16.0 Å². The van der Waals surface area contributed by atoms with Crippen LogP contribution in [0, 0.1) is 23.0 Å². The number of carbonyl (C=O) groups excluding carboxylic acids is 1. The van der Waals surface area contributed by atoms with Gasteiger partial charge in [-0.1, -0.05) is 30.3 Å². The number of nitro groups is 1. The number of nitrogens with one attached hydrogen (secondary N) is 1. The van der Waals surface area contributed by atoms with E-state index in [2.05, 4.69) is 22.3 Å². The number of hydrogen-bond donors (Lipinski definition) is 2. The monoisotopic (exact) mass is 476 g/mol. The van der Waals surface area contributed by atoms with Gasteiger partial charge in [0.15, 0.2) is 0 Å². The van der Waals surface area contributed by atoms with E-state index in [0.717, 1.165) is 48.1 Å². The molecule has 0 spiro atoms. The van der Waals surface area contributed by atoms with Crippen LogP contribution in [0.5, 0.6) is 0 Å². The standard InChI is InChI=1S/C26H32N6O3/c1-17-7-6-10-22(32(34)35)25(17)31(26(27)33)16-18-11-13-19(14-12-18)28-24-15-23(30(2)3)20-8-4-5-9-21(20)29-24/h4-10,15,18-19H,11-14,16H2,1-3H3,(H2,27,33)(H,28,29)/t18-,19+. The third kappa shape index (κ3) is 5.29. The van der Waals surface area contributed by atoms with E-state index in [-0.39, 0.29) is 17.6 Å². The molecular weight excluding hydrogens is 444 g/mol. The van der Waals surface area contributed by atoms with Gasteiger partial charge in [0.1, 0.15) is 11.5 Å². The van der Waals surface area contributed by atoms with Crippen LogP contribution in [0.15, 0.2) is 48.5 Å². The van der Waals surface area contributed by atoms with Crippen molar-refractivity contribution in [2.45, 2.75) is 38.6 Å². The summed E-state index contributed by atoms with van der Waals surface area (Å²) in [4.78, 5) is 31.7. The lowest BCUT2D eigenvalue weighted by atomic mass is 9.85. The highest BCUT2D eigenvalue weighted by Crippen LogP contribution is 2.35. The summed E-state index contributed by atoms with van der Waals surface area (Å²) in [6, 6.07) is 14.6. The molecule has 0 unspecified atom stereocenters. The number of nitrogens with two attached hydrogens (primary N) is 1. The van der Waals surface area contributed by atoms with E-state index in [1.165, 1.54) is 11.0 Å². The number of rotatable bonds is 7. The summed E-state index contributed by atoms with van der Waals surface area (Å²) in [5.74, 6) is 1.06. The minimum Gasteiger partial charge on any atom is -0.377 e. The number of urea groups is 1. The van der Waals surface area contributed by atoms with Crippen LogP contribution < -0.4 is 20.9 Å². The lowest BCUT2D eigenvalue weighted by molar-refractivity contribution is -0.384. The maximum absolute atomic E-state index is 12.3. The van der Waals surface area contributed by atoms with Gasteiger partial charge in [-0.15, -0.1) is 0 Å². The molecular formula is C26H32N6O3. The number of aromatic nitrogens is 1. The Balaban J connectivity index is 1.45. The van der Waals surface area contributed by atoms with E-state index in [9.17, 15) is 14.9 Å². The van der Waals surface area contributed by atoms with Crippen molar-refractivity contribution in [3.8, 4) is 0 Å². The van der Waals surface area contributed by atoms with Gasteiger partial charge in [0.2, 0.25) is 0 Å². The van der Waals surface area contributed by atoms with Crippen LogP contribution in [0.4, 0.5) is 27.7 Å². The number of anilines is 3. The number of nitrogens with zero attached hydrogens (tertiary/aromatic N) is 4. The molecule has 1 aromatic heterocycles. The summed E-state index contributed by atoms with van der Waals surface area (Å²) in [7, 11) is 4.06. The molecule has 1 fully saturated rings. The number of aryl methyl sites for hydroxylation is 1. The average molecular weight is 477 g/mol. The van der Waals surface area contributed by atoms with E-state index in [4.69, 9.17) is 10.7 Å². The SMILES string of the molecule is Cc1cccc([N+](=O)[O-])c1N(C[C@H]1CC[C@@H](Nc2cc(N(C)C)c3ccccc3n2)CC1)C(N)=O. The first kappa shape index (κ1) is 24.3. The summed E-state index contributed by atoms with van der Waals surface area (Å²) in [5, 5.41) is 16.3. The van der Waals surface area contributed by atoms with Gasteiger partial charge in [0.25, 0.3) is 5.69 Å². The molecule has 0 bridgehead atoms. The molecule has 4 rings (SSSR count). The highest BCUT2D eigenvalue weighted by molar-refractivity contribution is 5.94. The van der Waals surface area contributed by atoms with Crippen molar-refractivity contribution in [3.63, 3.8) is 0 Å². The zero-order chi connectivity index (χ0) is 25.1. The Morgan fingerprint density at radius 1 is 1.14 bits per heavy atom. The lowest BCUT2D eigenvalue weighted by Gasteiger charge is -2.33. The minimum absolute atomic E-state index is 0.0989. The topological polar surface area (TPSA) is 118 Å². The van der Waals surface area contributed by atoms with Crippen LogP contribution in [-0.4, -0.2) is 42.6 Å². The molecule has 1 saturated carbocycles. The summed E-state index contributed by atoms with van der Waals surface area (Å²) >= 11 is 0. The second-order valence-electron chi connectivity index (χ2n) is 9.45. The second kappa shape index (κ2) is 10.2. The summed E-state index contributed by atoms with van der Waals surface area (Å²) in [6.45, 7) is 2.13. The van der Waals surface area contributed by atoms with Crippen molar-refractivity contribution >= 4 is 39.8 Å². The van der Waals surface area contributed by atoms with Crippen molar-refractivity contribution in [2.75, 3.05) is 35.8 Å². The molecule has 3 N–H and O–H groups in total. The molecule has 9 nitrogen and oxygen atoms in total. The molecule has 1 heterocycles. The van der Waals surface area contributed by atoms with Gasteiger partial charge in [-0.25, -0.2) is 9.78 Å². The smallest absolute Gasteiger partial charge is 0.319 e. The number of primary amides is 1. The molecule has 184 valence electrons. The van der Waals surface area contributed by atoms with Gasteiger partial charge in [-0.2, -0.15) is 0 Å². The maximum atomic E-state index is 12.3. The van der Waals surface area contributed by atoms with E-state index in [1.54, 1.807) is 19.1 Å². The molecule has 0 aliphatic heterocycles. The fourth-order valence-electron chi connectivity index (χ4n) is 4.99. The predicted molar refractivity (Wildman–Crippen MR) is 140 cm³/mol. The average Bonchev–Trinajstić information content (AvgIpc) is 2.83. The van der Waals surface area contributed by atoms with Crippen LogP contribution in [-0.2, 0) is 0 Å². The molecule has 9 heteroatoms. The second-order valence-corrected chi connectivity index (χ2v) is 9.45. The Labute approximate surface area is 205 Å². The van der Waals surface area contributed by atoms with Crippen molar-refractivity contribution in [3.05, 3.63) is 64.2 Å². The number of benzene rings is 2. The number of fused-ring (bicyclic) bond motifs is 1. The summed E-state index contributed by atoms with van der Waals surface area (Å²) < 4.78 is 0. The lowest BCUT2D eigenvalue weighted by Crippen LogP contribution is -2.41. The quantitative estimate of drug-likeness (QED) is 0.363. The Morgan fingerprint density at radius 3 is 2.51 bits per heavy atom. The van der Waals surface area contributed by atoms with Gasteiger partial charge in [-0.05, 0) is 50.2 Å². The zero-order valence-electron chi connectivity index (χ0n) is 20.4. The van der Waals surface area contributed by atoms with E-state index in [1.807, 2.05) is 32.3 Å². The number of amides is 2. The van der Waals surface area contributed by atoms with Gasteiger partial charge in [-0.3, -0.25) is 15.0 Å². The van der Waals surface area contributed by atoms with E-state index >= 15 is 0 Å². The Hall–Kier alpha value is -3.88. The minimum atomic E-state index is -0.667. The summed E-state index contributed by atoms with van der Waals surface area (Å²) in [5.41, 5.74) is 8.60. The molecule has 0 radical (unpaired) electrons. The van der Waals surface area contributed by atoms with Gasteiger partial charge in [0.05, 0.1) is 10.4 Å². The van der Waals surface area contributed by atoms with Crippen LogP contribution in [0.3, 0.4) is 0 Å². The Kier molecular flexibility index (Phi) is 7.04. The van der Waals surface area contributed by atoms with Gasteiger partial charge >= 0.3 is 6.03 Å². The number of pyridine rings is 1. The first-order chi connectivity index (χ1) is 16.7. The first-order valence-corrected chi connectivity index (χ1v) is 11.9. The van der Waals surface area contributed by atoms with Crippen molar-refractivity contribution in [2.24, 2.45) is 11.7 Å². The fraction of sp³-hybridized carbons (Fsp3) is 0.385. The van der Waals surface area contributed by atoms with Crippen LogP contribution in [0.1, 0.15) is 31.2 Å². The van der Waals surface area contributed by atoms with Crippen molar-refractivity contribution in [1.29, 1.82) is 0 Å². The molecule has 0 saturated heterocycles. The van der Waals surface area contributed by atoms with Crippen LogP contribution in [0.2, 0.25) is 0 Å². The highest BCUT2D eigenvalue weighted by atomic mass is 16.6. The van der Waals surface area contributed by atoms with Crippen molar-refractivity contribution < 1.29 is 9.72 Å². The predicted octanol–water partition coefficient (Wildman–Crippen LogP) is 5.07. The normalized spacial score (nSPS) is 17.7. The molecule has 35 heavy (non-hydrogen) atoms. The van der Waals surface area contributed by atoms with Gasteiger partial charge in [0, 0.05) is 49.9 Å². The van der Waals surface area contributed by atoms with Crippen LogP contribution >= 0.6 is 0 Å². The first-order valence-electron chi connectivity index (χ1n) is 11.9. The van der Waals surface area contributed by atoms with E-state index in [0.29, 0.717) is 17.8 Å². The maximum Gasteiger partial charge on any atom is 0.319 e. The zero-order valence-corrected chi connectivity index (χ0v) is 20.4.